The number of rotatable bonds is 6. The van der Waals surface area contributed by atoms with Gasteiger partial charge in [0.1, 0.15) is 0 Å². The molecule has 0 unspecified atom stereocenters. The summed E-state index contributed by atoms with van der Waals surface area (Å²) in [6.07, 6.45) is -0.935. The molecule has 0 radical (unpaired) electrons. The Kier molecular flexibility index (Phi) is 6.39. The second kappa shape index (κ2) is 7.31. The van der Waals surface area contributed by atoms with Crippen LogP contribution in [-0.4, -0.2) is 40.4 Å². The average Bonchev–Trinajstić information content (AvgIpc) is 2.21. The molecule has 0 heterocycles. The molecule has 3 nitrogen and oxygen atoms in total. The van der Waals surface area contributed by atoms with E-state index in [0.717, 1.165) is 5.56 Å². The van der Waals surface area contributed by atoms with E-state index in [1.54, 1.807) is 32.0 Å². The molecule has 0 spiro atoms. The molecular weight excluding hydrogens is 273 g/mol. The van der Waals surface area contributed by atoms with Crippen molar-refractivity contribution >= 4 is 23.2 Å². The summed E-state index contributed by atoms with van der Waals surface area (Å²) in [5.41, 5.74) is 0.821. The van der Waals surface area contributed by atoms with Gasteiger partial charge in [0.2, 0.25) is 0 Å². The van der Waals surface area contributed by atoms with Crippen molar-refractivity contribution in [3.63, 3.8) is 0 Å². The number of nitrogens with zero attached hydrogens (tertiary/aromatic N) is 1. The topological polar surface area (TPSA) is 43.7 Å². The molecule has 0 saturated heterocycles. The molecule has 0 amide bonds. The molecule has 1 aromatic carbocycles. The molecule has 0 saturated carbocycles. The fourth-order valence-corrected chi connectivity index (χ4v) is 2.37. The zero-order chi connectivity index (χ0) is 13.7. The van der Waals surface area contributed by atoms with E-state index in [4.69, 9.17) is 23.2 Å². The summed E-state index contributed by atoms with van der Waals surface area (Å²) >= 11 is 12.2. The molecule has 1 aromatic rings. The first-order chi connectivity index (χ1) is 8.40. The number of hydrogen-bond donors (Lipinski definition) is 2. The minimum absolute atomic E-state index is 0.465. The van der Waals surface area contributed by atoms with Crippen LogP contribution in [0.2, 0.25) is 10.0 Å². The van der Waals surface area contributed by atoms with Crippen LogP contribution in [0.15, 0.2) is 18.2 Å². The van der Waals surface area contributed by atoms with Gasteiger partial charge in [-0.15, -0.1) is 0 Å². The molecule has 2 N–H and O–H groups in total. The highest BCUT2D eigenvalue weighted by Gasteiger charge is 2.15. The number of aliphatic hydroxyl groups excluding tert-OH is 2. The fourth-order valence-electron chi connectivity index (χ4n) is 1.86. The van der Waals surface area contributed by atoms with E-state index in [2.05, 4.69) is 0 Å². The molecule has 5 heteroatoms. The molecule has 18 heavy (non-hydrogen) atoms. The normalized spacial score (nSPS) is 14.8. The van der Waals surface area contributed by atoms with Crippen LogP contribution in [0.5, 0.6) is 0 Å². The molecule has 0 aliphatic carbocycles. The van der Waals surface area contributed by atoms with E-state index in [1.165, 1.54) is 0 Å². The smallest absolute Gasteiger partial charge is 0.0639 e. The van der Waals surface area contributed by atoms with Crippen molar-refractivity contribution in [3.8, 4) is 0 Å². The van der Waals surface area contributed by atoms with Gasteiger partial charge in [0, 0.05) is 35.2 Å². The SMILES string of the molecule is C[C@H](O)CN(Cc1c(Cl)cccc1Cl)C[C@H](C)O. The van der Waals surface area contributed by atoms with Gasteiger partial charge in [-0.3, -0.25) is 4.90 Å². The maximum Gasteiger partial charge on any atom is 0.0639 e. The number of aliphatic hydroxyl groups is 2. The highest BCUT2D eigenvalue weighted by atomic mass is 35.5. The highest BCUT2D eigenvalue weighted by molar-refractivity contribution is 6.35. The lowest BCUT2D eigenvalue weighted by molar-refractivity contribution is 0.0794. The summed E-state index contributed by atoms with van der Waals surface area (Å²) in [4.78, 5) is 1.93. The molecule has 1 rings (SSSR count). The number of halogens is 2. The van der Waals surface area contributed by atoms with Crippen LogP contribution >= 0.6 is 23.2 Å². The summed E-state index contributed by atoms with van der Waals surface area (Å²) < 4.78 is 0. The lowest BCUT2D eigenvalue weighted by Crippen LogP contribution is -2.36. The summed E-state index contributed by atoms with van der Waals surface area (Å²) in [6, 6.07) is 5.36. The van der Waals surface area contributed by atoms with Crippen LogP contribution in [0.4, 0.5) is 0 Å². The predicted octanol–water partition coefficient (Wildman–Crippen LogP) is 2.56. The van der Waals surface area contributed by atoms with Crippen LogP contribution in [0.1, 0.15) is 19.4 Å². The van der Waals surface area contributed by atoms with E-state index in [9.17, 15) is 10.2 Å². The van der Waals surface area contributed by atoms with E-state index in [0.29, 0.717) is 29.7 Å². The molecule has 2 atom stereocenters. The molecule has 0 bridgehead atoms. The second-order valence-electron chi connectivity index (χ2n) is 4.59. The summed E-state index contributed by atoms with van der Waals surface area (Å²) in [6.45, 7) is 4.86. The standard InChI is InChI=1S/C13H19Cl2NO2/c1-9(17)6-16(7-10(2)18)8-11-12(14)4-3-5-13(11)15/h3-5,9-10,17-18H,6-8H2,1-2H3/t9-,10-/m0/s1. The molecule has 0 aliphatic rings. The zero-order valence-electron chi connectivity index (χ0n) is 10.6. The van der Waals surface area contributed by atoms with Gasteiger partial charge in [0.05, 0.1) is 12.2 Å². The van der Waals surface area contributed by atoms with E-state index < -0.39 is 12.2 Å². The molecular formula is C13H19Cl2NO2. The largest absolute Gasteiger partial charge is 0.392 e. The van der Waals surface area contributed by atoms with Crippen molar-refractivity contribution in [1.82, 2.24) is 4.90 Å². The van der Waals surface area contributed by atoms with Crippen molar-refractivity contribution < 1.29 is 10.2 Å². The van der Waals surface area contributed by atoms with Crippen LogP contribution < -0.4 is 0 Å². The van der Waals surface area contributed by atoms with Crippen molar-refractivity contribution in [2.75, 3.05) is 13.1 Å². The van der Waals surface area contributed by atoms with Gasteiger partial charge in [-0.1, -0.05) is 29.3 Å². The Morgan fingerprint density at radius 3 is 1.89 bits per heavy atom. The minimum Gasteiger partial charge on any atom is -0.392 e. The third-order valence-electron chi connectivity index (χ3n) is 2.49. The Balaban J connectivity index is 2.81. The first-order valence-corrected chi connectivity index (χ1v) is 6.67. The predicted molar refractivity (Wildman–Crippen MR) is 75.1 cm³/mol. The van der Waals surface area contributed by atoms with E-state index >= 15 is 0 Å². The van der Waals surface area contributed by atoms with Crippen molar-refractivity contribution in [2.24, 2.45) is 0 Å². The lowest BCUT2D eigenvalue weighted by Gasteiger charge is -2.25. The van der Waals surface area contributed by atoms with E-state index in [1.807, 2.05) is 4.90 Å². The van der Waals surface area contributed by atoms with Crippen molar-refractivity contribution in [2.45, 2.75) is 32.6 Å². The second-order valence-corrected chi connectivity index (χ2v) is 5.41. The molecule has 102 valence electrons. The maximum absolute atomic E-state index is 9.46. The van der Waals surface area contributed by atoms with Gasteiger partial charge >= 0.3 is 0 Å². The minimum atomic E-state index is -0.468. The van der Waals surface area contributed by atoms with Gasteiger partial charge in [0.15, 0.2) is 0 Å². The van der Waals surface area contributed by atoms with Gasteiger partial charge in [-0.25, -0.2) is 0 Å². The lowest BCUT2D eigenvalue weighted by atomic mass is 10.2. The summed E-state index contributed by atoms with van der Waals surface area (Å²) in [7, 11) is 0. The highest BCUT2D eigenvalue weighted by Crippen LogP contribution is 2.25. The summed E-state index contributed by atoms with van der Waals surface area (Å²) in [5.74, 6) is 0. The van der Waals surface area contributed by atoms with Crippen LogP contribution in [0.25, 0.3) is 0 Å². The van der Waals surface area contributed by atoms with Gasteiger partial charge in [-0.05, 0) is 26.0 Å². The van der Waals surface area contributed by atoms with Gasteiger partial charge < -0.3 is 10.2 Å². The van der Waals surface area contributed by atoms with Gasteiger partial charge in [0.25, 0.3) is 0 Å². The monoisotopic (exact) mass is 291 g/mol. The number of hydrogen-bond acceptors (Lipinski definition) is 3. The van der Waals surface area contributed by atoms with Crippen LogP contribution in [0.3, 0.4) is 0 Å². The third kappa shape index (κ3) is 5.12. The Bertz CT molecular complexity index is 353. The Labute approximate surface area is 118 Å². The summed E-state index contributed by atoms with van der Waals surface area (Å²) in [5, 5.41) is 20.1. The number of benzene rings is 1. The Morgan fingerprint density at radius 2 is 1.50 bits per heavy atom. The van der Waals surface area contributed by atoms with Crippen molar-refractivity contribution in [1.29, 1.82) is 0 Å². The first-order valence-electron chi connectivity index (χ1n) is 5.91. The molecule has 0 fully saturated rings. The van der Waals surface area contributed by atoms with Crippen LogP contribution in [-0.2, 0) is 6.54 Å². The van der Waals surface area contributed by atoms with Crippen LogP contribution in [0, 0.1) is 0 Å². The Morgan fingerprint density at radius 1 is 1.06 bits per heavy atom. The third-order valence-corrected chi connectivity index (χ3v) is 3.20. The zero-order valence-corrected chi connectivity index (χ0v) is 12.1. The fraction of sp³-hybridized carbons (Fsp3) is 0.538. The average molecular weight is 292 g/mol. The Hall–Kier alpha value is -0.320. The van der Waals surface area contributed by atoms with Gasteiger partial charge in [-0.2, -0.15) is 0 Å². The molecule has 0 aromatic heterocycles. The van der Waals surface area contributed by atoms with Crippen molar-refractivity contribution in [3.05, 3.63) is 33.8 Å². The maximum atomic E-state index is 9.46. The molecule has 0 aliphatic heterocycles. The van der Waals surface area contributed by atoms with E-state index in [-0.39, 0.29) is 0 Å². The quantitative estimate of drug-likeness (QED) is 0.847. The first kappa shape index (κ1) is 15.7.